The molecular formula is C16H24FN3O2. The fourth-order valence-corrected chi connectivity index (χ4v) is 2.59. The van der Waals surface area contributed by atoms with Gasteiger partial charge in [-0.05, 0) is 39.5 Å². The van der Waals surface area contributed by atoms with Crippen LogP contribution in [0.3, 0.4) is 0 Å². The third kappa shape index (κ3) is 5.24. The van der Waals surface area contributed by atoms with Gasteiger partial charge in [0.2, 0.25) is 0 Å². The maximum atomic E-state index is 12.9. The van der Waals surface area contributed by atoms with E-state index in [-0.39, 0.29) is 12.0 Å². The predicted molar refractivity (Wildman–Crippen MR) is 80.8 cm³/mol. The molecule has 1 aromatic heterocycles. The van der Waals surface area contributed by atoms with Gasteiger partial charge in [0.25, 0.3) is 0 Å². The van der Waals surface area contributed by atoms with Gasteiger partial charge in [-0.1, -0.05) is 6.42 Å². The first-order valence-electron chi connectivity index (χ1n) is 7.78. The van der Waals surface area contributed by atoms with Gasteiger partial charge in [0.05, 0.1) is 12.4 Å². The Kier molecular flexibility index (Phi) is 5.32. The smallest absolute Gasteiger partial charge is 0.410 e. The number of carbonyl (C=O) groups is 1. The van der Waals surface area contributed by atoms with Crippen molar-refractivity contribution in [2.75, 3.05) is 13.1 Å². The van der Waals surface area contributed by atoms with Gasteiger partial charge in [-0.3, -0.25) is 0 Å². The summed E-state index contributed by atoms with van der Waals surface area (Å²) in [6, 6.07) is 0. The summed E-state index contributed by atoms with van der Waals surface area (Å²) in [5, 5.41) is 0. The molecule has 1 amide bonds. The second kappa shape index (κ2) is 7.03. The zero-order chi connectivity index (χ0) is 16.2. The number of hydrogen-bond donors (Lipinski definition) is 0. The summed E-state index contributed by atoms with van der Waals surface area (Å²) < 4.78 is 18.3. The summed E-state index contributed by atoms with van der Waals surface area (Å²) in [6.45, 7) is 6.96. The fourth-order valence-electron chi connectivity index (χ4n) is 2.59. The van der Waals surface area contributed by atoms with E-state index >= 15 is 0 Å². The van der Waals surface area contributed by atoms with Gasteiger partial charge in [-0.25, -0.2) is 19.2 Å². The van der Waals surface area contributed by atoms with E-state index in [1.54, 1.807) is 4.90 Å². The average Bonchev–Trinajstić information content (AvgIpc) is 2.65. The van der Waals surface area contributed by atoms with Gasteiger partial charge < -0.3 is 9.64 Å². The molecule has 0 saturated carbocycles. The molecule has 1 aromatic rings. The number of nitrogens with zero attached hydrogens (tertiary/aromatic N) is 3. The molecule has 1 fully saturated rings. The zero-order valence-electron chi connectivity index (χ0n) is 13.5. The Hall–Kier alpha value is -1.72. The molecule has 6 heteroatoms. The first kappa shape index (κ1) is 16.6. The molecule has 0 radical (unpaired) electrons. The molecule has 0 N–H and O–H groups in total. The van der Waals surface area contributed by atoms with Crippen LogP contribution in [0.15, 0.2) is 12.4 Å². The maximum Gasteiger partial charge on any atom is 0.410 e. The monoisotopic (exact) mass is 309 g/mol. The van der Waals surface area contributed by atoms with Crippen LogP contribution >= 0.6 is 0 Å². The van der Waals surface area contributed by atoms with Gasteiger partial charge in [-0.15, -0.1) is 0 Å². The highest BCUT2D eigenvalue weighted by Gasteiger charge is 2.26. The normalized spacial score (nSPS) is 19.6. The van der Waals surface area contributed by atoms with Crippen molar-refractivity contribution in [1.29, 1.82) is 0 Å². The van der Waals surface area contributed by atoms with E-state index in [1.807, 2.05) is 20.8 Å². The van der Waals surface area contributed by atoms with E-state index in [0.29, 0.717) is 18.8 Å². The summed E-state index contributed by atoms with van der Waals surface area (Å²) in [5.41, 5.74) is -0.487. The lowest BCUT2D eigenvalue weighted by Crippen LogP contribution is -2.39. The minimum Gasteiger partial charge on any atom is -0.444 e. The molecule has 22 heavy (non-hydrogen) atoms. The second-order valence-electron chi connectivity index (χ2n) is 6.81. The van der Waals surface area contributed by atoms with E-state index in [1.165, 1.54) is 12.4 Å². The van der Waals surface area contributed by atoms with Crippen molar-refractivity contribution in [3.8, 4) is 0 Å². The van der Waals surface area contributed by atoms with Crippen molar-refractivity contribution < 1.29 is 13.9 Å². The Morgan fingerprint density at radius 1 is 1.36 bits per heavy atom. The number of ether oxygens (including phenoxy) is 1. The molecule has 0 spiro atoms. The van der Waals surface area contributed by atoms with Gasteiger partial charge in [-0.2, -0.15) is 0 Å². The molecule has 0 aliphatic carbocycles. The molecule has 1 unspecified atom stereocenters. The lowest BCUT2D eigenvalue weighted by molar-refractivity contribution is 0.0233. The highest BCUT2D eigenvalue weighted by atomic mass is 19.1. The lowest BCUT2D eigenvalue weighted by Gasteiger charge is -2.28. The van der Waals surface area contributed by atoms with E-state index < -0.39 is 11.4 Å². The Labute approximate surface area is 130 Å². The zero-order valence-corrected chi connectivity index (χ0v) is 13.5. The van der Waals surface area contributed by atoms with Crippen molar-refractivity contribution in [3.05, 3.63) is 24.0 Å². The summed E-state index contributed by atoms with van der Waals surface area (Å²) >= 11 is 0. The molecule has 0 bridgehead atoms. The third-order valence-corrected chi connectivity index (χ3v) is 3.57. The first-order chi connectivity index (χ1) is 10.3. The lowest BCUT2D eigenvalue weighted by atomic mass is 9.99. The Morgan fingerprint density at radius 3 is 2.68 bits per heavy atom. The van der Waals surface area contributed by atoms with E-state index in [4.69, 9.17) is 4.74 Å². The first-order valence-corrected chi connectivity index (χ1v) is 7.78. The topological polar surface area (TPSA) is 55.3 Å². The van der Waals surface area contributed by atoms with Gasteiger partial charge >= 0.3 is 6.09 Å². The SMILES string of the molecule is CC(C)(C)OC(=O)N1CCCCC(Cc2ncc(F)cn2)C1. The van der Waals surface area contributed by atoms with Crippen LogP contribution < -0.4 is 0 Å². The van der Waals surface area contributed by atoms with E-state index in [0.717, 1.165) is 25.8 Å². The molecule has 1 saturated heterocycles. The molecule has 2 heterocycles. The van der Waals surface area contributed by atoms with Crippen LogP contribution in [0.5, 0.6) is 0 Å². The molecule has 0 aromatic carbocycles. The third-order valence-electron chi connectivity index (χ3n) is 3.57. The predicted octanol–water partition coefficient (Wildman–Crippen LogP) is 3.20. The average molecular weight is 309 g/mol. The van der Waals surface area contributed by atoms with E-state index in [2.05, 4.69) is 9.97 Å². The van der Waals surface area contributed by atoms with E-state index in [9.17, 15) is 9.18 Å². The van der Waals surface area contributed by atoms with Crippen LogP contribution in [0.4, 0.5) is 9.18 Å². The van der Waals surface area contributed by atoms with Gasteiger partial charge in [0.1, 0.15) is 11.4 Å². The highest BCUT2D eigenvalue weighted by Crippen LogP contribution is 2.21. The van der Waals surface area contributed by atoms with Crippen LogP contribution in [0.2, 0.25) is 0 Å². The largest absolute Gasteiger partial charge is 0.444 e. The number of hydrogen-bond acceptors (Lipinski definition) is 4. The van der Waals surface area contributed by atoms with Crippen LogP contribution in [0, 0.1) is 11.7 Å². The molecule has 2 rings (SSSR count). The second-order valence-corrected chi connectivity index (χ2v) is 6.81. The summed E-state index contributed by atoms with van der Waals surface area (Å²) in [4.78, 5) is 22.0. The number of rotatable bonds is 2. The van der Waals surface area contributed by atoms with Crippen molar-refractivity contribution in [1.82, 2.24) is 14.9 Å². The summed E-state index contributed by atoms with van der Waals surface area (Å²) in [5.74, 6) is 0.470. The molecule has 5 nitrogen and oxygen atoms in total. The Bertz CT molecular complexity index is 499. The molecule has 1 aliphatic heterocycles. The maximum absolute atomic E-state index is 12.9. The van der Waals surface area contributed by atoms with Crippen molar-refractivity contribution in [3.63, 3.8) is 0 Å². The van der Waals surface area contributed by atoms with Crippen molar-refractivity contribution in [2.45, 2.75) is 52.1 Å². The fraction of sp³-hybridized carbons (Fsp3) is 0.688. The standard InChI is InChI=1S/C16H24FN3O2/c1-16(2,3)22-15(21)20-7-5-4-6-12(11-20)8-14-18-9-13(17)10-19-14/h9-10,12H,4-8,11H2,1-3H3. The molecular weight excluding hydrogens is 285 g/mol. The summed E-state index contributed by atoms with van der Waals surface area (Å²) in [7, 11) is 0. The quantitative estimate of drug-likeness (QED) is 0.842. The summed E-state index contributed by atoms with van der Waals surface area (Å²) in [6.07, 6.45) is 5.81. The Balaban J connectivity index is 1.97. The highest BCUT2D eigenvalue weighted by molar-refractivity contribution is 5.68. The minimum atomic E-state index is -0.487. The van der Waals surface area contributed by atoms with Crippen LogP contribution in [0.1, 0.15) is 45.9 Å². The van der Waals surface area contributed by atoms with Crippen LogP contribution in [-0.2, 0) is 11.2 Å². The van der Waals surface area contributed by atoms with Crippen molar-refractivity contribution >= 4 is 6.09 Å². The van der Waals surface area contributed by atoms with Gasteiger partial charge in [0, 0.05) is 19.5 Å². The molecule has 1 atom stereocenters. The molecule has 1 aliphatic rings. The Morgan fingerprint density at radius 2 is 2.05 bits per heavy atom. The number of carbonyl (C=O) groups excluding carboxylic acids is 1. The number of likely N-dealkylation sites (tertiary alicyclic amines) is 1. The minimum absolute atomic E-state index is 0.264. The van der Waals surface area contributed by atoms with Crippen molar-refractivity contribution in [2.24, 2.45) is 5.92 Å². The van der Waals surface area contributed by atoms with Gasteiger partial charge in [0.15, 0.2) is 5.82 Å². The van der Waals surface area contributed by atoms with Crippen LogP contribution in [0.25, 0.3) is 0 Å². The molecule has 122 valence electrons. The van der Waals surface area contributed by atoms with Crippen LogP contribution in [-0.4, -0.2) is 39.7 Å². The number of aromatic nitrogens is 2. The number of amides is 1. The number of halogens is 1.